The third kappa shape index (κ3) is 77.5. The summed E-state index contributed by atoms with van der Waals surface area (Å²) in [4.78, 5) is 0. The van der Waals surface area contributed by atoms with Crippen molar-refractivity contribution < 1.29 is 17.1 Å². The van der Waals surface area contributed by atoms with Crippen molar-refractivity contribution in [1.29, 1.82) is 0 Å². The van der Waals surface area contributed by atoms with Gasteiger partial charge in [-0.25, -0.2) is 0 Å². The molecular weight excluding hydrogens is 232 g/mol. The van der Waals surface area contributed by atoms with Crippen LogP contribution in [0.4, 0.5) is 0 Å². The average Bonchev–Trinajstić information content (AvgIpc) is 2.27. The molecule has 0 unspecified atom stereocenters. The molecule has 1 radical (unpaired) electrons. The Morgan fingerprint density at radius 3 is 1.33 bits per heavy atom. The molecule has 15 heavy (non-hydrogen) atoms. The second kappa shape index (κ2) is 36.7. The number of hydrogen-bond donors (Lipinski definition) is 0. The fourth-order valence-corrected chi connectivity index (χ4v) is 0.289. The van der Waals surface area contributed by atoms with Crippen molar-refractivity contribution in [3.63, 3.8) is 0 Å². The number of unbranched alkanes of at least 4 members (excludes halogenated alkanes) is 4. The van der Waals surface area contributed by atoms with Crippen molar-refractivity contribution >= 4 is 0 Å². The van der Waals surface area contributed by atoms with Gasteiger partial charge in [-0.15, -0.1) is 6.58 Å². The van der Waals surface area contributed by atoms with Crippen LogP contribution in [0.2, 0.25) is 0 Å². The van der Waals surface area contributed by atoms with Crippen LogP contribution in [0.5, 0.6) is 0 Å². The quantitative estimate of drug-likeness (QED) is 0.268. The van der Waals surface area contributed by atoms with Gasteiger partial charge in [-0.3, -0.25) is 0 Å². The molecule has 0 atom stereocenters. The van der Waals surface area contributed by atoms with Crippen LogP contribution in [0, 0.1) is 20.8 Å². The minimum atomic E-state index is 0. The number of rotatable bonds is 5. The Morgan fingerprint density at radius 1 is 0.933 bits per heavy atom. The van der Waals surface area contributed by atoms with Crippen molar-refractivity contribution in [2.75, 3.05) is 0 Å². The third-order valence-electron chi connectivity index (χ3n) is 1.37. The zero-order valence-electron chi connectivity index (χ0n) is 10.7. The van der Waals surface area contributed by atoms with E-state index in [9.17, 15) is 0 Å². The predicted octanol–water partition coefficient (Wildman–Crippen LogP) is 5.42. The molecule has 0 N–H and O–H groups in total. The molecule has 0 spiro atoms. The van der Waals surface area contributed by atoms with Crippen LogP contribution < -0.4 is 0 Å². The first kappa shape index (κ1) is 24.5. The van der Waals surface area contributed by atoms with Crippen LogP contribution in [0.1, 0.15) is 58.8 Å². The monoisotopic (exact) mass is 260 g/mol. The van der Waals surface area contributed by atoms with E-state index in [1.165, 1.54) is 19.3 Å². The van der Waals surface area contributed by atoms with E-state index in [2.05, 4.69) is 41.2 Å². The van der Waals surface area contributed by atoms with E-state index >= 15 is 0 Å². The molecule has 0 rings (SSSR count). The molecule has 0 saturated heterocycles. The van der Waals surface area contributed by atoms with E-state index in [1.807, 2.05) is 6.08 Å². The molecule has 0 bridgehead atoms. The summed E-state index contributed by atoms with van der Waals surface area (Å²) in [6.45, 7) is 18.7. The van der Waals surface area contributed by atoms with Gasteiger partial charge in [-0.2, -0.15) is 19.3 Å². The molecule has 0 fully saturated rings. The minimum absolute atomic E-state index is 0. The fourth-order valence-electron chi connectivity index (χ4n) is 0.289. The first-order valence-electron chi connectivity index (χ1n) is 5.73. The Hall–Kier alpha value is 0.259. The summed E-state index contributed by atoms with van der Waals surface area (Å²) in [5, 5.41) is 0. The normalized spacial score (nSPS) is 7.27. The van der Waals surface area contributed by atoms with Gasteiger partial charge in [0.15, 0.2) is 0 Å². The van der Waals surface area contributed by atoms with Crippen LogP contribution in [-0.4, -0.2) is 0 Å². The summed E-state index contributed by atoms with van der Waals surface area (Å²) < 4.78 is 0. The van der Waals surface area contributed by atoms with E-state index in [4.69, 9.17) is 0 Å². The van der Waals surface area contributed by atoms with Crippen LogP contribution in [-0.2, 0) is 17.1 Å². The molecular formula is C14H29Cu-3. The number of hydrogen-bond acceptors (Lipinski definition) is 0. The Morgan fingerprint density at radius 2 is 1.27 bits per heavy atom. The average molecular weight is 261 g/mol. The van der Waals surface area contributed by atoms with Crippen LogP contribution in [0.15, 0.2) is 12.7 Å². The molecule has 0 aromatic rings. The van der Waals surface area contributed by atoms with Crippen molar-refractivity contribution in [2.24, 2.45) is 0 Å². The molecule has 0 aliphatic carbocycles. The van der Waals surface area contributed by atoms with Gasteiger partial charge in [0.05, 0.1) is 0 Å². The Labute approximate surface area is 109 Å². The fraction of sp³-hybridized carbons (Fsp3) is 0.643. The zero-order chi connectivity index (χ0) is 11.7. The van der Waals surface area contributed by atoms with E-state index in [0.717, 1.165) is 25.7 Å². The van der Waals surface area contributed by atoms with Crippen molar-refractivity contribution in [3.05, 3.63) is 33.4 Å². The van der Waals surface area contributed by atoms with Crippen LogP contribution >= 0.6 is 0 Å². The molecule has 0 nitrogen and oxygen atoms in total. The van der Waals surface area contributed by atoms with Gasteiger partial charge in [-0.05, 0) is 6.42 Å². The maximum atomic E-state index is 3.68. The molecule has 0 saturated carbocycles. The van der Waals surface area contributed by atoms with E-state index in [1.54, 1.807) is 0 Å². The van der Waals surface area contributed by atoms with Gasteiger partial charge in [0.25, 0.3) is 0 Å². The Balaban J connectivity index is -0.0000000606. The van der Waals surface area contributed by atoms with Gasteiger partial charge in [0, 0.05) is 17.1 Å². The summed E-state index contributed by atoms with van der Waals surface area (Å²) in [5.41, 5.74) is 0. The summed E-state index contributed by atoms with van der Waals surface area (Å²) in [6, 6.07) is 0. The van der Waals surface area contributed by atoms with Crippen molar-refractivity contribution in [1.82, 2.24) is 0 Å². The second-order valence-corrected chi connectivity index (χ2v) is 2.99. The molecule has 0 aromatic carbocycles. The largest absolute Gasteiger partial charge is 0.343 e. The maximum absolute atomic E-state index is 3.68. The van der Waals surface area contributed by atoms with Gasteiger partial charge in [0.1, 0.15) is 0 Å². The SMILES string of the molecule is C=CCCC[CH2-].[CH2-]CCC.[CH2-]CCC.[Cu]. The molecule has 0 heterocycles. The first-order valence-corrected chi connectivity index (χ1v) is 5.73. The van der Waals surface area contributed by atoms with Crippen LogP contribution in [0.25, 0.3) is 0 Å². The van der Waals surface area contributed by atoms with Gasteiger partial charge in [0.2, 0.25) is 0 Å². The summed E-state index contributed by atoms with van der Waals surface area (Å²) >= 11 is 0. The molecule has 0 aliphatic rings. The van der Waals surface area contributed by atoms with E-state index < -0.39 is 0 Å². The topological polar surface area (TPSA) is 0 Å². The number of allylic oxidation sites excluding steroid dienone is 1. The molecule has 0 aromatic heterocycles. The zero-order valence-corrected chi connectivity index (χ0v) is 11.6. The van der Waals surface area contributed by atoms with Gasteiger partial charge >= 0.3 is 0 Å². The molecule has 0 aliphatic heterocycles. The van der Waals surface area contributed by atoms with Crippen molar-refractivity contribution in [2.45, 2.75) is 58.8 Å². The summed E-state index contributed by atoms with van der Waals surface area (Å²) in [5.74, 6) is 0. The van der Waals surface area contributed by atoms with Crippen molar-refractivity contribution in [3.8, 4) is 0 Å². The maximum Gasteiger partial charge on any atom is 0 e. The van der Waals surface area contributed by atoms with Crippen LogP contribution in [0.3, 0.4) is 0 Å². The van der Waals surface area contributed by atoms with Gasteiger partial charge < -0.3 is 20.8 Å². The standard InChI is InChI=1S/C6H11.2C4H9.Cu/c1-3-5-6-4-2;2*1-3-4-2;/h3H,1-2,4-6H2;2*1,3-4H2,2H3;/q3*-1;. The smallest absolute Gasteiger partial charge is 0 e. The van der Waals surface area contributed by atoms with E-state index in [-0.39, 0.29) is 17.1 Å². The summed E-state index contributed by atoms with van der Waals surface area (Å²) in [7, 11) is 0. The third-order valence-corrected chi connectivity index (χ3v) is 1.37. The minimum Gasteiger partial charge on any atom is -0.343 e. The molecule has 1 heteroatoms. The molecule has 0 amide bonds. The van der Waals surface area contributed by atoms with Gasteiger partial charge in [-0.1, -0.05) is 39.2 Å². The Bertz CT molecular complexity index is 61.7. The predicted molar refractivity (Wildman–Crippen MR) is 69.9 cm³/mol. The first-order chi connectivity index (χ1) is 6.74. The van der Waals surface area contributed by atoms with E-state index in [0.29, 0.717) is 0 Å². The molecule has 99 valence electrons. The Kier molecular flexibility index (Phi) is 60.0. The summed E-state index contributed by atoms with van der Waals surface area (Å²) in [6.07, 6.45) is 9.81. The second-order valence-electron chi connectivity index (χ2n) is 2.99.